The lowest BCUT2D eigenvalue weighted by Gasteiger charge is -1.92. The maximum atomic E-state index is 3.53. The van der Waals surface area contributed by atoms with Crippen LogP contribution in [0, 0.1) is 0 Å². The Morgan fingerprint density at radius 2 is 1.25 bits per heavy atom. The molecule has 52 valence electrons. The predicted octanol–water partition coefficient (Wildman–Crippen LogP) is -0.0288. The molecule has 0 radical (unpaired) electrons. The van der Waals surface area contributed by atoms with Crippen molar-refractivity contribution in [2.75, 3.05) is 33.4 Å². The van der Waals surface area contributed by atoms with E-state index < -0.39 is 0 Å². The van der Waals surface area contributed by atoms with Crippen molar-refractivity contribution in [1.29, 1.82) is 0 Å². The average Bonchev–Trinajstić information content (AvgIpc) is 1.88. The Hall–Kier alpha value is 0.270. The lowest BCUT2D eigenvalue weighted by atomic mass is 10.6. The van der Waals surface area contributed by atoms with Crippen molar-refractivity contribution in [3.8, 4) is 0 Å². The zero-order valence-electron chi connectivity index (χ0n) is 5.86. The molecule has 0 atom stereocenters. The van der Waals surface area contributed by atoms with Crippen molar-refractivity contribution < 1.29 is 0 Å². The molecule has 0 spiro atoms. The van der Waals surface area contributed by atoms with Crippen LogP contribution in [-0.2, 0) is 0 Å². The third kappa shape index (κ3) is 16.3. The molecule has 3 heteroatoms. The van der Waals surface area contributed by atoms with Crippen LogP contribution in [0.2, 0.25) is 0 Å². The first-order chi connectivity index (χ1) is 3.91. The third-order valence-corrected chi connectivity index (χ3v) is 0.625. The number of thiol groups is 1. The average molecular weight is 136 g/mol. The van der Waals surface area contributed by atoms with E-state index in [1.807, 2.05) is 14.1 Å². The monoisotopic (exact) mass is 136 g/mol. The Morgan fingerprint density at radius 3 is 1.38 bits per heavy atom. The summed E-state index contributed by atoms with van der Waals surface area (Å²) in [6.07, 6.45) is 1.69. The molecular formula is C5H16N2S. The molecule has 0 aromatic carbocycles. The molecule has 8 heavy (non-hydrogen) atoms. The van der Waals surface area contributed by atoms with E-state index in [0.29, 0.717) is 0 Å². The topological polar surface area (TPSA) is 24.1 Å². The minimum absolute atomic E-state index is 1.05. The van der Waals surface area contributed by atoms with Crippen LogP contribution in [0.3, 0.4) is 0 Å². The molecule has 2 nitrogen and oxygen atoms in total. The van der Waals surface area contributed by atoms with E-state index in [4.69, 9.17) is 0 Å². The van der Waals surface area contributed by atoms with Gasteiger partial charge < -0.3 is 10.6 Å². The lowest BCUT2D eigenvalue weighted by molar-refractivity contribution is 0.718. The molecule has 2 N–H and O–H groups in total. The largest absolute Gasteiger partial charge is 0.318 e. The SMILES string of the molecule is CNCCNC.CS. The summed E-state index contributed by atoms with van der Waals surface area (Å²) in [6, 6.07) is 0. The predicted molar refractivity (Wildman–Crippen MR) is 42.8 cm³/mol. The van der Waals surface area contributed by atoms with Crippen molar-refractivity contribution in [1.82, 2.24) is 10.6 Å². The van der Waals surface area contributed by atoms with Gasteiger partial charge in [-0.25, -0.2) is 0 Å². The van der Waals surface area contributed by atoms with E-state index in [0.717, 1.165) is 13.1 Å². The van der Waals surface area contributed by atoms with Crippen LogP contribution in [0.5, 0.6) is 0 Å². The normalized spacial score (nSPS) is 7.50. The van der Waals surface area contributed by atoms with Gasteiger partial charge in [-0.1, -0.05) is 0 Å². The number of likely N-dealkylation sites (N-methyl/N-ethyl adjacent to an activating group) is 2. The van der Waals surface area contributed by atoms with E-state index in [1.165, 1.54) is 0 Å². The van der Waals surface area contributed by atoms with Gasteiger partial charge in [0.25, 0.3) is 0 Å². The molecule has 0 aliphatic carbocycles. The minimum atomic E-state index is 1.05. The number of hydrogen-bond acceptors (Lipinski definition) is 3. The van der Waals surface area contributed by atoms with Crippen LogP contribution in [0.15, 0.2) is 0 Å². The number of rotatable bonds is 3. The van der Waals surface area contributed by atoms with E-state index >= 15 is 0 Å². The summed E-state index contributed by atoms with van der Waals surface area (Å²) < 4.78 is 0. The summed E-state index contributed by atoms with van der Waals surface area (Å²) >= 11 is 3.53. The maximum absolute atomic E-state index is 3.53. The molecule has 0 rings (SSSR count). The Morgan fingerprint density at radius 1 is 1.00 bits per heavy atom. The van der Waals surface area contributed by atoms with Crippen LogP contribution in [0.4, 0.5) is 0 Å². The first kappa shape index (κ1) is 11.1. The Bertz CT molecular complexity index is 22.4. The van der Waals surface area contributed by atoms with Crippen LogP contribution in [0.1, 0.15) is 0 Å². The van der Waals surface area contributed by atoms with Crippen molar-refractivity contribution >= 4 is 12.6 Å². The quantitative estimate of drug-likeness (QED) is 0.375. The zero-order valence-corrected chi connectivity index (χ0v) is 6.76. The smallest absolute Gasteiger partial charge is 0.00736 e. The highest BCUT2D eigenvalue weighted by Crippen LogP contribution is 1.45. The van der Waals surface area contributed by atoms with Gasteiger partial charge in [0.15, 0.2) is 0 Å². The molecule has 0 aromatic heterocycles. The first-order valence-electron chi connectivity index (χ1n) is 2.65. The molecule has 0 aliphatic heterocycles. The fourth-order valence-electron chi connectivity index (χ4n) is 0.250. The number of hydrogen-bond donors (Lipinski definition) is 3. The molecule has 0 aromatic rings. The molecule has 0 saturated carbocycles. The second kappa shape index (κ2) is 15.7. The summed E-state index contributed by atoms with van der Waals surface area (Å²) in [5, 5.41) is 6.01. The van der Waals surface area contributed by atoms with E-state index in [2.05, 4.69) is 23.3 Å². The van der Waals surface area contributed by atoms with E-state index in [-0.39, 0.29) is 0 Å². The van der Waals surface area contributed by atoms with Gasteiger partial charge in [-0.15, -0.1) is 0 Å². The Balaban J connectivity index is 0. The fraction of sp³-hybridized carbons (Fsp3) is 1.00. The highest BCUT2D eigenvalue weighted by Gasteiger charge is 1.70. The molecule has 0 amide bonds. The summed E-state index contributed by atoms with van der Waals surface area (Å²) in [6.45, 7) is 2.10. The van der Waals surface area contributed by atoms with Crippen molar-refractivity contribution in [3.05, 3.63) is 0 Å². The number of nitrogens with one attached hydrogen (secondary N) is 2. The summed E-state index contributed by atoms with van der Waals surface area (Å²) in [5.41, 5.74) is 0. The van der Waals surface area contributed by atoms with Gasteiger partial charge in [0.2, 0.25) is 0 Å². The van der Waals surface area contributed by atoms with Crippen LogP contribution < -0.4 is 10.6 Å². The summed E-state index contributed by atoms with van der Waals surface area (Å²) in [7, 11) is 3.88. The fourth-order valence-corrected chi connectivity index (χ4v) is 0.250. The van der Waals surface area contributed by atoms with Crippen LogP contribution >= 0.6 is 12.6 Å². The Labute approximate surface area is 57.5 Å². The highest BCUT2D eigenvalue weighted by molar-refractivity contribution is 7.79. The van der Waals surface area contributed by atoms with Crippen LogP contribution in [0.25, 0.3) is 0 Å². The van der Waals surface area contributed by atoms with Crippen molar-refractivity contribution in [2.24, 2.45) is 0 Å². The van der Waals surface area contributed by atoms with E-state index in [1.54, 1.807) is 6.26 Å². The third-order valence-electron chi connectivity index (χ3n) is 0.625. The second-order valence-corrected chi connectivity index (χ2v) is 1.21. The summed E-state index contributed by atoms with van der Waals surface area (Å²) in [5.74, 6) is 0. The van der Waals surface area contributed by atoms with Gasteiger partial charge in [0, 0.05) is 13.1 Å². The zero-order chi connectivity index (χ0) is 6.83. The molecule has 0 unspecified atom stereocenters. The lowest BCUT2D eigenvalue weighted by Crippen LogP contribution is -2.21. The Kier molecular flexibility index (Phi) is 21.8. The van der Waals surface area contributed by atoms with Crippen LogP contribution in [-0.4, -0.2) is 33.4 Å². The van der Waals surface area contributed by atoms with Crippen molar-refractivity contribution in [3.63, 3.8) is 0 Å². The first-order valence-corrected chi connectivity index (χ1v) is 3.55. The maximum Gasteiger partial charge on any atom is 0.00736 e. The second-order valence-electron chi connectivity index (χ2n) is 1.21. The molecule has 0 bridgehead atoms. The minimum Gasteiger partial charge on any atom is -0.318 e. The van der Waals surface area contributed by atoms with Gasteiger partial charge in [-0.3, -0.25) is 0 Å². The summed E-state index contributed by atoms with van der Waals surface area (Å²) in [4.78, 5) is 0. The van der Waals surface area contributed by atoms with Gasteiger partial charge >= 0.3 is 0 Å². The van der Waals surface area contributed by atoms with Gasteiger partial charge in [-0.2, -0.15) is 12.6 Å². The highest BCUT2D eigenvalue weighted by atomic mass is 32.1. The molecule has 0 heterocycles. The van der Waals surface area contributed by atoms with Crippen molar-refractivity contribution in [2.45, 2.75) is 0 Å². The molecular weight excluding hydrogens is 120 g/mol. The van der Waals surface area contributed by atoms with E-state index in [9.17, 15) is 0 Å². The van der Waals surface area contributed by atoms with Gasteiger partial charge in [-0.05, 0) is 20.4 Å². The molecule has 0 fully saturated rings. The molecule has 0 aliphatic rings. The molecule has 0 saturated heterocycles. The standard InChI is InChI=1S/C4H12N2.CH4S/c1-5-3-4-6-2;1-2/h5-6H,3-4H2,1-2H3;2H,1H3. The van der Waals surface area contributed by atoms with Gasteiger partial charge in [0.1, 0.15) is 0 Å². The van der Waals surface area contributed by atoms with Gasteiger partial charge in [0.05, 0.1) is 0 Å².